The summed E-state index contributed by atoms with van der Waals surface area (Å²) in [5.74, 6) is 0. The van der Waals surface area contributed by atoms with E-state index < -0.39 is 0 Å². The van der Waals surface area contributed by atoms with Crippen molar-refractivity contribution in [3.63, 3.8) is 0 Å². The molecule has 18 heavy (non-hydrogen) atoms. The summed E-state index contributed by atoms with van der Waals surface area (Å²) in [5, 5.41) is 3.91. The molecule has 0 aliphatic rings. The second-order valence-corrected chi connectivity index (χ2v) is 5.60. The van der Waals surface area contributed by atoms with Crippen LogP contribution in [0.1, 0.15) is 11.1 Å². The Morgan fingerprint density at radius 1 is 1.06 bits per heavy atom. The van der Waals surface area contributed by atoms with Crippen LogP contribution in [0.25, 0.3) is 0 Å². The monoisotopic (exact) mass is 324 g/mol. The predicted octanol–water partition coefficient (Wildman–Crippen LogP) is 5.05. The molecule has 0 aliphatic carbocycles. The van der Waals surface area contributed by atoms with E-state index in [1.54, 1.807) is 0 Å². The number of rotatable bonds is 2. The lowest BCUT2D eigenvalue weighted by Gasteiger charge is -2.13. The summed E-state index contributed by atoms with van der Waals surface area (Å²) in [7, 11) is 0. The first-order chi connectivity index (χ1) is 8.47. The Balaban J connectivity index is 2.37. The van der Waals surface area contributed by atoms with Crippen molar-refractivity contribution in [1.29, 1.82) is 0 Å². The van der Waals surface area contributed by atoms with Gasteiger partial charge in [-0.05, 0) is 55.3 Å². The minimum atomic E-state index is 0.655. The Kier molecular flexibility index (Phi) is 3.83. The maximum absolute atomic E-state index is 6.17. The van der Waals surface area contributed by atoms with E-state index in [1.165, 1.54) is 11.1 Å². The van der Waals surface area contributed by atoms with Crippen LogP contribution in [0.4, 0.5) is 17.1 Å². The summed E-state index contributed by atoms with van der Waals surface area (Å²) in [5.41, 5.74) is 10.8. The minimum Gasteiger partial charge on any atom is -0.397 e. The quantitative estimate of drug-likeness (QED) is 0.759. The van der Waals surface area contributed by atoms with Gasteiger partial charge in [-0.25, -0.2) is 0 Å². The Morgan fingerprint density at radius 2 is 1.72 bits per heavy atom. The summed E-state index contributed by atoms with van der Waals surface area (Å²) in [6, 6.07) is 9.70. The average molecular weight is 326 g/mol. The maximum atomic E-state index is 6.17. The van der Waals surface area contributed by atoms with Crippen LogP contribution in [0.3, 0.4) is 0 Å². The standard InChI is InChI=1S/C14H14BrClN2/c1-8-5-12(17)14(6-9(8)2)18-13-4-3-10(15)7-11(13)16/h3-7,18H,17H2,1-2H3. The molecule has 0 aromatic heterocycles. The number of benzene rings is 2. The lowest BCUT2D eigenvalue weighted by molar-refractivity contribution is 1.34. The summed E-state index contributed by atoms with van der Waals surface area (Å²) in [6.07, 6.45) is 0. The van der Waals surface area contributed by atoms with Crippen molar-refractivity contribution in [2.45, 2.75) is 13.8 Å². The van der Waals surface area contributed by atoms with Crippen LogP contribution in [0.15, 0.2) is 34.8 Å². The van der Waals surface area contributed by atoms with Gasteiger partial charge in [0.1, 0.15) is 0 Å². The minimum absolute atomic E-state index is 0.655. The summed E-state index contributed by atoms with van der Waals surface area (Å²) in [6.45, 7) is 4.10. The van der Waals surface area contributed by atoms with Crippen LogP contribution in [-0.4, -0.2) is 0 Å². The van der Waals surface area contributed by atoms with Gasteiger partial charge >= 0.3 is 0 Å². The van der Waals surface area contributed by atoms with Gasteiger partial charge in [-0.15, -0.1) is 0 Å². The fourth-order valence-electron chi connectivity index (χ4n) is 1.68. The molecular formula is C14H14BrClN2. The molecule has 0 spiro atoms. The lowest BCUT2D eigenvalue weighted by Crippen LogP contribution is -1.98. The topological polar surface area (TPSA) is 38.0 Å². The van der Waals surface area contributed by atoms with E-state index in [0.717, 1.165) is 21.5 Å². The molecule has 0 aliphatic heterocycles. The highest BCUT2D eigenvalue weighted by Gasteiger charge is 2.06. The molecule has 0 saturated carbocycles. The van der Waals surface area contributed by atoms with E-state index in [0.29, 0.717) is 5.02 Å². The molecule has 2 aromatic carbocycles. The number of hydrogen-bond acceptors (Lipinski definition) is 2. The Hall–Kier alpha value is -1.19. The first kappa shape index (κ1) is 13.2. The predicted molar refractivity (Wildman–Crippen MR) is 82.8 cm³/mol. The van der Waals surface area contributed by atoms with Crippen molar-refractivity contribution in [3.8, 4) is 0 Å². The molecule has 4 heteroatoms. The Morgan fingerprint density at radius 3 is 2.39 bits per heavy atom. The van der Waals surface area contributed by atoms with Gasteiger partial charge in [0, 0.05) is 4.47 Å². The molecule has 2 nitrogen and oxygen atoms in total. The number of nitrogens with two attached hydrogens (primary N) is 1. The molecule has 0 fully saturated rings. The van der Waals surface area contributed by atoms with E-state index in [-0.39, 0.29) is 0 Å². The second-order valence-electron chi connectivity index (χ2n) is 4.27. The van der Waals surface area contributed by atoms with Crippen molar-refractivity contribution >= 4 is 44.6 Å². The molecule has 94 valence electrons. The smallest absolute Gasteiger partial charge is 0.0652 e. The molecule has 0 heterocycles. The van der Waals surface area contributed by atoms with Gasteiger partial charge in [-0.3, -0.25) is 0 Å². The zero-order valence-corrected chi connectivity index (χ0v) is 12.6. The summed E-state index contributed by atoms with van der Waals surface area (Å²) >= 11 is 9.55. The van der Waals surface area contributed by atoms with Crippen LogP contribution in [-0.2, 0) is 0 Å². The average Bonchev–Trinajstić information content (AvgIpc) is 2.29. The van der Waals surface area contributed by atoms with Gasteiger partial charge < -0.3 is 11.1 Å². The lowest BCUT2D eigenvalue weighted by atomic mass is 10.1. The Labute approximate surface area is 120 Å². The number of nitrogens with one attached hydrogen (secondary N) is 1. The highest BCUT2D eigenvalue weighted by atomic mass is 79.9. The zero-order chi connectivity index (χ0) is 13.3. The van der Waals surface area contributed by atoms with Crippen LogP contribution in [0, 0.1) is 13.8 Å². The molecule has 0 amide bonds. The molecule has 0 unspecified atom stereocenters. The van der Waals surface area contributed by atoms with Crippen LogP contribution < -0.4 is 11.1 Å². The van der Waals surface area contributed by atoms with Crippen molar-refractivity contribution < 1.29 is 0 Å². The van der Waals surface area contributed by atoms with Crippen LogP contribution in [0.5, 0.6) is 0 Å². The van der Waals surface area contributed by atoms with E-state index in [4.69, 9.17) is 17.3 Å². The second kappa shape index (κ2) is 5.21. The molecule has 2 rings (SSSR count). The van der Waals surface area contributed by atoms with E-state index in [9.17, 15) is 0 Å². The fourth-order valence-corrected chi connectivity index (χ4v) is 2.40. The van der Waals surface area contributed by atoms with Crippen molar-refractivity contribution in [3.05, 3.63) is 51.0 Å². The van der Waals surface area contributed by atoms with Crippen molar-refractivity contribution in [1.82, 2.24) is 0 Å². The molecular weight excluding hydrogens is 312 g/mol. The first-order valence-electron chi connectivity index (χ1n) is 5.56. The molecule has 0 saturated heterocycles. The SMILES string of the molecule is Cc1cc(N)c(Nc2ccc(Br)cc2Cl)cc1C. The van der Waals surface area contributed by atoms with Gasteiger partial charge in [0.2, 0.25) is 0 Å². The number of halogens is 2. The van der Waals surface area contributed by atoms with E-state index in [1.807, 2.05) is 37.3 Å². The van der Waals surface area contributed by atoms with Crippen molar-refractivity contribution in [2.75, 3.05) is 11.1 Å². The van der Waals surface area contributed by atoms with Gasteiger partial charge in [-0.2, -0.15) is 0 Å². The van der Waals surface area contributed by atoms with Crippen molar-refractivity contribution in [2.24, 2.45) is 0 Å². The van der Waals surface area contributed by atoms with Gasteiger partial charge in [0.05, 0.1) is 22.1 Å². The number of hydrogen-bond donors (Lipinski definition) is 2. The molecule has 3 N–H and O–H groups in total. The maximum Gasteiger partial charge on any atom is 0.0652 e. The van der Waals surface area contributed by atoms with E-state index >= 15 is 0 Å². The summed E-state index contributed by atoms with van der Waals surface area (Å²) in [4.78, 5) is 0. The van der Waals surface area contributed by atoms with Gasteiger partial charge in [-0.1, -0.05) is 27.5 Å². The number of anilines is 3. The summed E-state index contributed by atoms with van der Waals surface area (Å²) < 4.78 is 0.950. The molecule has 2 aromatic rings. The molecule has 0 bridgehead atoms. The molecule has 0 atom stereocenters. The zero-order valence-electron chi connectivity index (χ0n) is 10.2. The van der Waals surface area contributed by atoms with Crippen LogP contribution in [0.2, 0.25) is 5.02 Å². The van der Waals surface area contributed by atoms with Gasteiger partial charge in [0.25, 0.3) is 0 Å². The fraction of sp³-hybridized carbons (Fsp3) is 0.143. The van der Waals surface area contributed by atoms with Crippen LogP contribution >= 0.6 is 27.5 Å². The molecule has 0 radical (unpaired) electrons. The first-order valence-corrected chi connectivity index (χ1v) is 6.73. The van der Waals surface area contributed by atoms with E-state index in [2.05, 4.69) is 28.2 Å². The number of aryl methyl sites for hydroxylation is 2. The number of nitrogen functional groups attached to an aromatic ring is 1. The Bertz CT molecular complexity index is 597. The van der Waals surface area contributed by atoms with Gasteiger partial charge in [0.15, 0.2) is 0 Å². The third kappa shape index (κ3) is 2.79. The highest BCUT2D eigenvalue weighted by molar-refractivity contribution is 9.10. The largest absolute Gasteiger partial charge is 0.397 e. The third-order valence-corrected chi connectivity index (χ3v) is 3.67. The highest BCUT2D eigenvalue weighted by Crippen LogP contribution is 2.31. The normalized spacial score (nSPS) is 10.4. The third-order valence-electron chi connectivity index (χ3n) is 2.87.